The Morgan fingerprint density at radius 2 is 2.25 bits per heavy atom. The van der Waals surface area contributed by atoms with Crippen LogP contribution in [0.1, 0.15) is 0 Å². The summed E-state index contributed by atoms with van der Waals surface area (Å²) < 4.78 is 1.68. The van der Waals surface area contributed by atoms with Crippen LogP contribution in [0.4, 0.5) is 5.69 Å². The lowest BCUT2D eigenvalue weighted by atomic mass is 10.2. The molecule has 1 aromatic carbocycles. The molecule has 0 atom stereocenters. The van der Waals surface area contributed by atoms with Crippen LogP contribution in [-0.4, -0.2) is 34.7 Å². The van der Waals surface area contributed by atoms with E-state index in [1.165, 1.54) is 0 Å². The van der Waals surface area contributed by atoms with Crippen molar-refractivity contribution in [3.05, 3.63) is 24.4 Å². The third-order valence-electron chi connectivity index (χ3n) is 2.45. The third kappa shape index (κ3) is 1.84. The largest absolute Gasteiger partial charge is 0.399 e. The monoisotopic (exact) mass is 218 g/mol. The molecule has 1 amide bonds. The molecular formula is C11H14N4O. The fourth-order valence-corrected chi connectivity index (χ4v) is 1.50. The first-order chi connectivity index (χ1) is 7.58. The van der Waals surface area contributed by atoms with Gasteiger partial charge in [0.2, 0.25) is 5.91 Å². The van der Waals surface area contributed by atoms with Crippen molar-refractivity contribution in [2.75, 3.05) is 19.8 Å². The maximum absolute atomic E-state index is 11.6. The van der Waals surface area contributed by atoms with Crippen LogP contribution in [0.25, 0.3) is 10.9 Å². The summed E-state index contributed by atoms with van der Waals surface area (Å²) in [5.41, 5.74) is 7.29. The van der Waals surface area contributed by atoms with Gasteiger partial charge in [0.05, 0.1) is 11.7 Å². The van der Waals surface area contributed by atoms with Crippen molar-refractivity contribution in [2.24, 2.45) is 0 Å². The first-order valence-electron chi connectivity index (χ1n) is 4.99. The normalized spacial score (nSPS) is 10.6. The minimum atomic E-state index is 0.0156. The number of hydrogen-bond acceptors (Lipinski definition) is 3. The van der Waals surface area contributed by atoms with E-state index in [0.717, 1.165) is 10.9 Å². The van der Waals surface area contributed by atoms with Crippen LogP contribution in [-0.2, 0) is 11.3 Å². The average Bonchev–Trinajstić information content (AvgIpc) is 2.60. The fourth-order valence-electron chi connectivity index (χ4n) is 1.50. The summed E-state index contributed by atoms with van der Waals surface area (Å²) in [7, 11) is 3.46. The summed E-state index contributed by atoms with van der Waals surface area (Å²) in [4.78, 5) is 13.1. The number of rotatable bonds is 2. The SMILES string of the molecule is CN(C)C(=O)Cn1ncc2cc(N)ccc21. The number of fused-ring (bicyclic) bond motifs is 1. The predicted octanol–water partition coefficient (Wildman–Crippen LogP) is 0.707. The Hall–Kier alpha value is -2.04. The average molecular weight is 218 g/mol. The van der Waals surface area contributed by atoms with Gasteiger partial charge in [0.1, 0.15) is 6.54 Å². The maximum Gasteiger partial charge on any atom is 0.243 e. The second kappa shape index (κ2) is 3.84. The first-order valence-corrected chi connectivity index (χ1v) is 4.99. The molecule has 2 aromatic rings. The van der Waals surface area contributed by atoms with Gasteiger partial charge in [-0.1, -0.05) is 0 Å². The highest BCUT2D eigenvalue weighted by Gasteiger charge is 2.08. The van der Waals surface area contributed by atoms with Crippen LogP contribution >= 0.6 is 0 Å². The Bertz CT molecular complexity index is 530. The first kappa shape index (κ1) is 10.5. The highest BCUT2D eigenvalue weighted by molar-refractivity contribution is 5.84. The molecule has 0 aliphatic heterocycles. The standard InChI is InChI=1S/C11H14N4O/c1-14(2)11(16)7-15-10-4-3-9(12)5-8(10)6-13-15/h3-6H,7,12H2,1-2H3. The van der Waals surface area contributed by atoms with Crippen molar-refractivity contribution >= 4 is 22.5 Å². The van der Waals surface area contributed by atoms with Crippen molar-refractivity contribution in [1.29, 1.82) is 0 Å². The number of nitrogen functional groups attached to an aromatic ring is 1. The zero-order valence-electron chi connectivity index (χ0n) is 9.34. The molecule has 0 spiro atoms. The van der Waals surface area contributed by atoms with E-state index >= 15 is 0 Å². The molecule has 5 nitrogen and oxygen atoms in total. The summed E-state index contributed by atoms with van der Waals surface area (Å²) in [5, 5.41) is 5.12. The molecule has 0 saturated carbocycles. The molecule has 84 valence electrons. The molecular weight excluding hydrogens is 204 g/mol. The number of likely N-dealkylation sites (N-methyl/N-ethyl adjacent to an activating group) is 1. The van der Waals surface area contributed by atoms with Gasteiger partial charge < -0.3 is 10.6 Å². The van der Waals surface area contributed by atoms with Crippen molar-refractivity contribution in [2.45, 2.75) is 6.54 Å². The molecule has 0 unspecified atom stereocenters. The number of amides is 1. The van der Waals surface area contributed by atoms with E-state index in [2.05, 4.69) is 5.10 Å². The van der Waals surface area contributed by atoms with Gasteiger partial charge in [-0.3, -0.25) is 9.48 Å². The summed E-state index contributed by atoms with van der Waals surface area (Å²) in [6.45, 7) is 0.250. The fraction of sp³-hybridized carbons (Fsp3) is 0.273. The van der Waals surface area contributed by atoms with Crippen LogP contribution < -0.4 is 5.73 Å². The Morgan fingerprint density at radius 1 is 1.50 bits per heavy atom. The second-order valence-electron chi connectivity index (χ2n) is 3.91. The number of benzene rings is 1. The van der Waals surface area contributed by atoms with E-state index in [-0.39, 0.29) is 12.5 Å². The Labute approximate surface area is 93.4 Å². The number of anilines is 1. The molecule has 0 aliphatic rings. The van der Waals surface area contributed by atoms with Gasteiger partial charge in [-0.05, 0) is 18.2 Å². The highest BCUT2D eigenvalue weighted by atomic mass is 16.2. The molecule has 0 radical (unpaired) electrons. The van der Waals surface area contributed by atoms with Crippen LogP contribution in [0.5, 0.6) is 0 Å². The molecule has 5 heteroatoms. The maximum atomic E-state index is 11.6. The zero-order chi connectivity index (χ0) is 11.7. The number of carbonyl (C=O) groups is 1. The van der Waals surface area contributed by atoms with Crippen molar-refractivity contribution in [1.82, 2.24) is 14.7 Å². The van der Waals surface area contributed by atoms with Crippen molar-refractivity contribution in [3.8, 4) is 0 Å². The summed E-state index contributed by atoms with van der Waals surface area (Å²) >= 11 is 0. The van der Waals surface area contributed by atoms with Crippen LogP contribution in [0.2, 0.25) is 0 Å². The molecule has 16 heavy (non-hydrogen) atoms. The quantitative estimate of drug-likeness (QED) is 0.755. The van der Waals surface area contributed by atoms with Gasteiger partial charge in [-0.15, -0.1) is 0 Å². The van der Waals surface area contributed by atoms with Gasteiger partial charge in [-0.2, -0.15) is 5.10 Å². The molecule has 1 aromatic heterocycles. The van der Waals surface area contributed by atoms with Crippen LogP contribution in [0.15, 0.2) is 24.4 Å². The number of hydrogen-bond donors (Lipinski definition) is 1. The smallest absolute Gasteiger partial charge is 0.243 e. The lowest BCUT2D eigenvalue weighted by Crippen LogP contribution is -2.26. The van der Waals surface area contributed by atoms with Crippen LogP contribution in [0.3, 0.4) is 0 Å². The van der Waals surface area contributed by atoms with E-state index < -0.39 is 0 Å². The number of nitrogens with zero attached hydrogens (tertiary/aromatic N) is 3. The number of nitrogens with two attached hydrogens (primary N) is 1. The third-order valence-corrected chi connectivity index (χ3v) is 2.45. The minimum Gasteiger partial charge on any atom is -0.399 e. The van der Waals surface area contributed by atoms with E-state index in [1.807, 2.05) is 12.1 Å². The second-order valence-corrected chi connectivity index (χ2v) is 3.91. The summed E-state index contributed by atoms with van der Waals surface area (Å²) in [6, 6.07) is 5.53. The van der Waals surface area contributed by atoms with Gasteiger partial charge in [0.15, 0.2) is 0 Å². The van der Waals surface area contributed by atoms with Crippen molar-refractivity contribution < 1.29 is 4.79 Å². The molecule has 2 N–H and O–H groups in total. The Balaban J connectivity index is 2.35. The number of aromatic nitrogens is 2. The topological polar surface area (TPSA) is 64.2 Å². The molecule has 2 rings (SSSR count). The van der Waals surface area contributed by atoms with E-state index in [0.29, 0.717) is 5.69 Å². The predicted molar refractivity (Wildman–Crippen MR) is 62.8 cm³/mol. The van der Waals surface area contributed by atoms with E-state index in [4.69, 9.17) is 5.73 Å². The van der Waals surface area contributed by atoms with Gasteiger partial charge in [0.25, 0.3) is 0 Å². The minimum absolute atomic E-state index is 0.0156. The zero-order valence-corrected chi connectivity index (χ0v) is 9.34. The molecule has 1 heterocycles. The Kier molecular flexibility index (Phi) is 2.52. The number of carbonyl (C=O) groups excluding carboxylic acids is 1. The van der Waals surface area contributed by atoms with Gasteiger partial charge in [0, 0.05) is 25.2 Å². The molecule has 0 aliphatic carbocycles. The van der Waals surface area contributed by atoms with Gasteiger partial charge in [-0.25, -0.2) is 0 Å². The lowest BCUT2D eigenvalue weighted by Gasteiger charge is -2.10. The molecule has 0 fully saturated rings. The summed E-state index contributed by atoms with van der Waals surface area (Å²) in [5.74, 6) is 0.0156. The molecule has 0 saturated heterocycles. The lowest BCUT2D eigenvalue weighted by molar-refractivity contribution is -0.129. The van der Waals surface area contributed by atoms with Crippen molar-refractivity contribution in [3.63, 3.8) is 0 Å². The van der Waals surface area contributed by atoms with Gasteiger partial charge >= 0.3 is 0 Å². The van der Waals surface area contributed by atoms with E-state index in [1.54, 1.807) is 35.9 Å². The van der Waals surface area contributed by atoms with E-state index in [9.17, 15) is 4.79 Å². The Morgan fingerprint density at radius 3 is 2.94 bits per heavy atom. The van der Waals surface area contributed by atoms with Crippen LogP contribution in [0, 0.1) is 0 Å². The highest BCUT2D eigenvalue weighted by Crippen LogP contribution is 2.16. The molecule has 0 bridgehead atoms. The summed E-state index contributed by atoms with van der Waals surface area (Å²) in [6.07, 6.45) is 1.72.